The van der Waals surface area contributed by atoms with E-state index < -0.39 is 11.6 Å². The van der Waals surface area contributed by atoms with Gasteiger partial charge in [0.1, 0.15) is 11.6 Å². The molecule has 0 spiro atoms. The maximum Gasteiger partial charge on any atom is 0.272 e. The molecule has 0 unspecified atom stereocenters. The second-order valence-corrected chi connectivity index (χ2v) is 15.4. The van der Waals surface area contributed by atoms with Crippen LogP contribution in [0.4, 0.5) is 8.78 Å². The molecular formula is C44H42F2N8O5. The quantitative estimate of drug-likeness (QED) is 0.176. The van der Waals surface area contributed by atoms with Crippen LogP contribution in [-0.4, -0.2) is 86.2 Å². The molecule has 3 aliphatic rings. The highest BCUT2D eigenvalue weighted by Gasteiger charge is 2.34. The van der Waals surface area contributed by atoms with Gasteiger partial charge in [0.15, 0.2) is 0 Å². The number of amides is 3. The number of benzene rings is 4. The van der Waals surface area contributed by atoms with E-state index in [4.69, 9.17) is 5.73 Å². The van der Waals surface area contributed by atoms with Crippen molar-refractivity contribution in [3.63, 3.8) is 0 Å². The number of carbonyl (C=O) groups is 3. The Balaban J connectivity index is 0.000000167. The Morgan fingerprint density at radius 3 is 1.61 bits per heavy atom. The van der Waals surface area contributed by atoms with Crippen molar-refractivity contribution in [1.82, 2.24) is 35.5 Å². The normalized spacial score (nSPS) is 17.5. The summed E-state index contributed by atoms with van der Waals surface area (Å²) in [5.74, 6) is -1.69. The predicted molar refractivity (Wildman–Crippen MR) is 217 cm³/mol. The fourth-order valence-corrected chi connectivity index (χ4v) is 7.73. The van der Waals surface area contributed by atoms with Gasteiger partial charge < -0.3 is 20.9 Å². The van der Waals surface area contributed by atoms with Crippen molar-refractivity contribution >= 4 is 39.3 Å². The minimum Gasteiger partial charge on any atom is -0.351 e. The Hall–Kier alpha value is -6.61. The van der Waals surface area contributed by atoms with Crippen LogP contribution in [0.2, 0.25) is 0 Å². The summed E-state index contributed by atoms with van der Waals surface area (Å²) in [6, 6.07) is 23.2. The molecule has 0 bridgehead atoms. The van der Waals surface area contributed by atoms with Crippen molar-refractivity contribution in [2.45, 2.75) is 50.6 Å². The lowest BCUT2D eigenvalue weighted by molar-refractivity contribution is -0.122. The average Bonchev–Trinajstić information content (AvgIpc) is 3.86. The van der Waals surface area contributed by atoms with Gasteiger partial charge in [0, 0.05) is 67.8 Å². The molecule has 9 rings (SSSR count). The molecule has 1 aliphatic carbocycles. The molecular weight excluding hydrogens is 759 g/mol. The van der Waals surface area contributed by atoms with Crippen molar-refractivity contribution in [3.8, 4) is 0 Å². The largest absolute Gasteiger partial charge is 0.351 e. The molecule has 1 saturated carbocycles. The van der Waals surface area contributed by atoms with Crippen LogP contribution in [0.3, 0.4) is 0 Å². The van der Waals surface area contributed by atoms with E-state index in [1.807, 2.05) is 24.3 Å². The second kappa shape index (κ2) is 16.7. The van der Waals surface area contributed by atoms with Crippen LogP contribution >= 0.6 is 0 Å². The van der Waals surface area contributed by atoms with E-state index in [1.54, 1.807) is 58.3 Å². The number of carbonyl (C=O) groups excluding carboxylic acids is 3. The number of nitrogens with zero attached hydrogens (tertiary/aromatic N) is 4. The van der Waals surface area contributed by atoms with Gasteiger partial charge in [-0.25, -0.2) is 19.0 Å². The molecule has 13 nitrogen and oxygen atoms in total. The van der Waals surface area contributed by atoms with E-state index in [-0.39, 0.29) is 58.0 Å². The fourth-order valence-electron chi connectivity index (χ4n) is 7.73. The lowest BCUT2D eigenvalue weighted by Gasteiger charge is -2.18. The summed E-state index contributed by atoms with van der Waals surface area (Å²) >= 11 is 0. The lowest BCUT2D eigenvalue weighted by atomic mass is 10.0. The van der Waals surface area contributed by atoms with E-state index in [1.165, 1.54) is 12.1 Å². The summed E-state index contributed by atoms with van der Waals surface area (Å²) in [5.41, 5.74) is 8.15. The topological polar surface area (TPSA) is 187 Å². The first-order valence-electron chi connectivity index (χ1n) is 19.7. The van der Waals surface area contributed by atoms with Gasteiger partial charge in [-0.15, -0.1) is 0 Å². The SMILES string of the molecule is N[C@@H]1CCN(C(=O)c2cc(Cc3n[nH]c(=O)c4ccccc34)ccc2F)C1.O=C(N[C@@H]1CCN(C(=O)c2cc(Cc3n[nH]c(=O)c4ccccc34)ccc2F)C1)C1CC1. The highest BCUT2D eigenvalue weighted by atomic mass is 19.1. The molecule has 2 aliphatic heterocycles. The third-order valence-electron chi connectivity index (χ3n) is 11.1. The van der Waals surface area contributed by atoms with Crippen molar-refractivity contribution in [1.29, 1.82) is 0 Å². The fraction of sp³-hybridized carbons (Fsp3) is 0.295. The molecule has 4 heterocycles. The van der Waals surface area contributed by atoms with Gasteiger partial charge in [-0.1, -0.05) is 48.5 Å². The maximum atomic E-state index is 14.6. The number of rotatable bonds is 8. The summed E-state index contributed by atoms with van der Waals surface area (Å²) in [5, 5.41) is 18.8. The minimum atomic E-state index is -0.580. The Kier molecular flexibility index (Phi) is 11.1. The molecule has 302 valence electrons. The molecule has 2 saturated heterocycles. The van der Waals surface area contributed by atoms with Crippen molar-refractivity contribution in [3.05, 3.63) is 151 Å². The van der Waals surface area contributed by atoms with E-state index in [0.29, 0.717) is 67.6 Å². The molecule has 3 fully saturated rings. The third kappa shape index (κ3) is 8.65. The number of aromatic amines is 2. The molecule has 3 amide bonds. The first-order valence-corrected chi connectivity index (χ1v) is 19.7. The lowest BCUT2D eigenvalue weighted by Crippen LogP contribution is -2.39. The zero-order valence-corrected chi connectivity index (χ0v) is 32.0. The summed E-state index contributed by atoms with van der Waals surface area (Å²) in [6.45, 7) is 1.84. The Morgan fingerprint density at radius 2 is 1.14 bits per heavy atom. The number of nitrogens with two attached hydrogens (primary N) is 1. The summed E-state index contributed by atoms with van der Waals surface area (Å²) in [4.78, 5) is 64.8. The Labute approximate surface area is 336 Å². The van der Waals surface area contributed by atoms with Crippen LogP contribution in [0.5, 0.6) is 0 Å². The predicted octanol–water partition coefficient (Wildman–Crippen LogP) is 4.22. The van der Waals surface area contributed by atoms with E-state index in [2.05, 4.69) is 25.7 Å². The highest BCUT2D eigenvalue weighted by molar-refractivity contribution is 5.96. The maximum absolute atomic E-state index is 14.6. The van der Waals surface area contributed by atoms with Gasteiger partial charge in [-0.3, -0.25) is 24.0 Å². The van der Waals surface area contributed by atoms with E-state index >= 15 is 0 Å². The van der Waals surface area contributed by atoms with E-state index in [0.717, 1.165) is 41.2 Å². The van der Waals surface area contributed by atoms with Gasteiger partial charge in [-0.2, -0.15) is 10.2 Å². The van der Waals surface area contributed by atoms with Crippen LogP contribution < -0.4 is 22.2 Å². The molecule has 6 aromatic rings. The van der Waals surface area contributed by atoms with Gasteiger partial charge in [0.25, 0.3) is 22.9 Å². The van der Waals surface area contributed by atoms with Crippen LogP contribution in [0.15, 0.2) is 94.5 Å². The molecule has 2 atom stereocenters. The van der Waals surface area contributed by atoms with Gasteiger partial charge in [-0.05, 0) is 73.2 Å². The minimum absolute atomic E-state index is 0.00500. The molecule has 59 heavy (non-hydrogen) atoms. The number of hydrogen-bond donors (Lipinski definition) is 4. The number of aromatic nitrogens is 4. The summed E-state index contributed by atoms with van der Waals surface area (Å²) in [6.07, 6.45) is 3.96. The van der Waals surface area contributed by atoms with Gasteiger partial charge in [0.05, 0.1) is 33.3 Å². The van der Waals surface area contributed by atoms with Crippen LogP contribution in [0, 0.1) is 17.6 Å². The zero-order chi connectivity index (χ0) is 41.2. The molecule has 2 aromatic heterocycles. The van der Waals surface area contributed by atoms with Crippen LogP contribution in [0.1, 0.15) is 68.9 Å². The van der Waals surface area contributed by atoms with Crippen molar-refractivity contribution in [2.24, 2.45) is 11.7 Å². The summed E-state index contributed by atoms with van der Waals surface area (Å²) in [7, 11) is 0. The standard InChI is InChI=1S/C24H23FN4O3.C20H19FN4O2/c25-20-8-5-14(12-21-17-3-1-2-4-18(17)23(31)28-27-21)11-19(20)24(32)29-10-9-16(13-29)26-22(30)15-6-7-15;21-17-6-5-12(9-16(17)20(27)25-8-7-13(22)11-25)10-18-14-3-1-2-4-15(14)19(26)24-23-18/h1-5,8,11,15-16H,6-7,9-10,12-13H2,(H,26,30)(H,28,31);1-6,9,13H,7-8,10-11,22H2,(H,24,26)/t16-;13-/m11/s1. The number of fused-ring (bicyclic) bond motifs is 2. The van der Waals surface area contributed by atoms with Gasteiger partial charge >= 0.3 is 0 Å². The zero-order valence-electron chi connectivity index (χ0n) is 32.0. The Morgan fingerprint density at radius 1 is 0.661 bits per heavy atom. The van der Waals surface area contributed by atoms with Crippen LogP contribution in [0.25, 0.3) is 21.5 Å². The summed E-state index contributed by atoms with van der Waals surface area (Å²) < 4.78 is 28.8. The first-order chi connectivity index (χ1) is 28.5. The van der Waals surface area contributed by atoms with E-state index in [9.17, 15) is 32.8 Å². The Bertz CT molecular complexity index is 2720. The van der Waals surface area contributed by atoms with Crippen molar-refractivity contribution < 1.29 is 23.2 Å². The molecule has 0 radical (unpaired) electrons. The molecule has 15 heteroatoms. The number of hydrogen-bond acceptors (Lipinski definition) is 8. The third-order valence-corrected chi connectivity index (χ3v) is 11.1. The smallest absolute Gasteiger partial charge is 0.272 e. The number of H-pyrrole nitrogens is 2. The monoisotopic (exact) mass is 800 g/mol. The second-order valence-electron chi connectivity index (χ2n) is 15.4. The molecule has 4 aromatic carbocycles. The average molecular weight is 801 g/mol. The first kappa shape index (κ1) is 39.2. The number of halogens is 2. The number of likely N-dealkylation sites (tertiary alicyclic amines) is 2. The van der Waals surface area contributed by atoms with Crippen LogP contribution in [-0.2, 0) is 17.6 Å². The highest BCUT2D eigenvalue weighted by Crippen LogP contribution is 2.29. The number of nitrogens with one attached hydrogen (secondary N) is 3. The van der Waals surface area contributed by atoms with Gasteiger partial charge in [0.2, 0.25) is 5.91 Å². The van der Waals surface area contributed by atoms with Crippen molar-refractivity contribution in [2.75, 3.05) is 26.2 Å². The molecule has 5 N–H and O–H groups in total.